The third kappa shape index (κ3) is 6.39. The van der Waals surface area contributed by atoms with Crippen LogP contribution in [0.15, 0.2) is 61.0 Å². The number of likely N-dealkylation sites (tertiary alicyclic amines) is 2. The first-order chi connectivity index (χ1) is 24.7. The molecule has 1 spiro atoms. The van der Waals surface area contributed by atoms with Crippen LogP contribution in [0.5, 0.6) is 0 Å². The molecule has 0 saturated carbocycles. The average molecular weight is 696 g/mol. The highest BCUT2D eigenvalue weighted by atomic mass is 16.5. The number of H-pyrrole nitrogens is 2. The van der Waals surface area contributed by atoms with Gasteiger partial charge in [0.25, 0.3) is 0 Å². The van der Waals surface area contributed by atoms with E-state index in [0.717, 1.165) is 66.9 Å². The first-order valence-electron chi connectivity index (χ1n) is 18.2. The Morgan fingerprint density at radius 1 is 0.980 bits per heavy atom. The molecule has 12 nitrogen and oxygen atoms in total. The van der Waals surface area contributed by atoms with Gasteiger partial charge in [-0.2, -0.15) is 0 Å². The Hall–Kier alpha value is -4.71. The largest absolute Gasteiger partial charge is 0.453 e. The minimum Gasteiger partial charge on any atom is -0.453 e. The number of amides is 3. The number of nitrogens with zero attached hydrogens (tertiary/aromatic N) is 4. The second-order valence-corrected chi connectivity index (χ2v) is 14.7. The Morgan fingerprint density at radius 2 is 1.67 bits per heavy atom. The highest BCUT2D eigenvalue weighted by Crippen LogP contribution is 2.48. The lowest BCUT2D eigenvalue weighted by molar-refractivity contribution is -0.139. The summed E-state index contributed by atoms with van der Waals surface area (Å²) in [4.78, 5) is 60.2. The van der Waals surface area contributed by atoms with E-state index in [1.165, 1.54) is 7.11 Å². The SMILES string of the molecule is COC(=O)N[C@H](C(=O)N1CCC[C@H]1c1ncc(C2(c3cnc(C4CCC5(CCOCC5)N4C(C)=O)[nH]3)C=CC(c3ccccc3)=CC2)[nH]1)C(C)C. The van der Waals surface area contributed by atoms with Gasteiger partial charge in [0.2, 0.25) is 11.8 Å². The lowest BCUT2D eigenvalue weighted by Gasteiger charge is -2.42. The van der Waals surface area contributed by atoms with Crippen LogP contribution in [-0.2, 0) is 24.5 Å². The molecule has 51 heavy (non-hydrogen) atoms. The number of nitrogens with one attached hydrogen (secondary N) is 3. The first-order valence-corrected chi connectivity index (χ1v) is 18.2. The molecule has 3 N–H and O–H groups in total. The fourth-order valence-corrected chi connectivity index (χ4v) is 8.73. The second-order valence-electron chi connectivity index (χ2n) is 14.7. The van der Waals surface area contributed by atoms with Crippen molar-refractivity contribution >= 4 is 23.5 Å². The number of imidazole rings is 2. The predicted molar refractivity (Wildman–Crippen MR) is 191 cm³/mol. The number of aromatic nitrogens is 4. The lowest BCUT2D eigenvalue weighted by Crippen LogP contribution is -2.51. The molecule has 2 unspecified atom stereocenters. The second kappa shape index (κ2) is 14.1. The maximum atomic E-state index is 13.8. The van der Waals surface area contributed by atoms with Crippen LogP contribution in [0.4, 0.5) is 4.79 Å². The predicted octanol–water partition coefficient (Wildman–Crippen LogP) is 5.74. The van der Waals surface area contributed by atoms with Crippen LogP contribution < -0.4 is 5.32 Å². The van der Waals surface area contributed by atoms with Gasteiger partial charge in [-0.3, -0.25) is 9.59 Å². The van der Waals surface area contributed by atoms with Crippen LogP contribution in [0.1, 0.15) is 106 Å². The number of methoxy groups -OCH3 is 1. The van der Waals surface area contributed by atoms with Gasteiger partial charge in [0, 0.05) is 44.6 Å². The number of allylic oxidation sites excluding steroid dienone is 4. The normalized spacial score (nSPS) is 24.9. The maximum absolute atomic E-state index is 13.8. The van der Waals surface area contributed by atoms with Crippen molar-refractivity contribution in [2.75, 3.05) is 26.9 Å². The third-order valence-corrected chi connectivity index (χ3v) is 11.5. The minimum atomic E-state index is -0.713. The Kier molecular flexibility index (Phi) is 9.62. The van der Waals surface area contributed by atoms with Crippen LogP contribution in [0.3, 0.4) is 0 Å². The van der Waals surface area contributed by atoms with Gasteiger partial charge in [0.05, 0.1) is 36.0 Å². The number of carbonyl (C=O) groups excluding carboxylic acids is 3. The Balaban J connectivity index is 1.22. The zero-order chi connectivity index (χ0) is 35.8. The van der Waals surface area contributed by atoms with Crippen LogP contribution in [0, 0.1) is 5.92 Å². The van der Waals surface area contributed by atoms with Gasteiger partial charge in [-0.25, -0.2) is 14.8 Å². The number of hydrogen-bond acceptors (Lipinski definition) is 7. The molecule has 3 amide bonds. The van der Waals surface area contributed by atoms with Gasteiger partial charge in [-0.15, -0.1) is 0 Å². The van der Waals surface area contributed by atoms with Crippen LogP contribution in [0.25, 0.3) is 5.57 Å². The molecule has 5 heterocycles. The molecular formula is C39H49N7O5. The molecule has 2 aromatic heterocycles. The lowest BCUT2D eigenvalue weighted by atomic mass is 9.74. The summed E-state index contributed by atoms with van der Waals surface area (Å²) in [6.07, 6.45) is 15.5. The van der Waals surface area contributed by atoms with E-state index in [9.17, 15) is 14.4 Å². The molecule has 0 bridgehead atoms. The summed E-state index contributed by atoms with van der Waals surface area (Å²) in [6, 6.07) is 9.21. The Labute approximate surface area is 299 Å². The van der Waals surface area contributed by atoms with Gasteiger partial charge in [-0.1, -0.05) is 62.4 Å². The minimum absolute atomic E-state index is 0.0652. The van der Waals surface area contributed by atoms with Gasteiger partial charge < -0.3 is 34.6 Å². The molecule has 1 aliphatic carbocycles. The fourth-order valence-electron chi connectivity index (χ4n) is 8.73. The molecule has 4 aliphatic rings. The standard InChI is InChI=1S/C39H49N7O5/c1-25(2)33(44-37(49)50-4)36(48)45-20-8-11-29(45)34-40-23-31(42-34)39(16-12-28(13-17-39)27-9-6-5-7-10-27)32-24-41-35(43-32)30-14-15-38(46(30)26(3)47)18-21-51-22-19-38/h5-7,9-10,12-13,16,23-25,29-30,33H,8,11,14-15,17-22H2,1-4H3,(H,40,42)(H,41,43)(H,44,49)/t29-,30?,33-,39?/m0/s1. The summed E-state index contributed by atoms with van der Waals surface area (Å²) in [6.45, 7) is 7.39. The molecule has 4 atom stereocenters. The molecule has 3 saturated heterocycles. The van der Waals surface area contributed by atoms with Crippen molar-refractivity contribution in [2.45, 2.75) is 94.8 Å². The van der Waals surface area contributed by atoms with E-state index in [1.54, 1.807) is 6.92 Å². The van der Waals surface area contributed by atoms with Gasteiger partial charge in [0.1, 0.15) is 17.7 Å². The van der Waals surface area contributed by atoms with E-state index in [-0.39, 0.29) is 35.4 Å². The molecule has 1 aromatic carbocycles. The molecule has 3 aromatic rings. The smallest absolute Gasteiger partial charge is 0.407 e. The summed E-state index contributed by atoms with van der Waals surface area (Å²) in [7, 11) is 1.30. The maximum Gasteiger partial charge on any atom is 0.407 e. The molecular weight excluding hydrogens is 646 g/mol. The first kappa shape index (κ1) is 34.7. The molecule has 12 heteroatoms. The average Bonchev–Trinajstić information content (AvgIpc) is 3.97. The van der Waals surface area contributed by atoms with Crippen LogP contribution in [-0.4, -0.2) is 86.1 Å². The summed E-state index contributed by atoms with van der Waals surface area (Å²) in [5.41, 5.74) is 3.23. The molecule has 7 rings (SSSR count). The van der Waals surface area contributed by atoms with Crippen molar-refractivity contribution in [3.8, 4) is 0 Å². The van der Waals surface area contributed by atoms with Crippen LogP contribution in [0.2, 0.25) is 0 Å². The molecule has 3 fully saturated rings. The highest BCUT2D eigenvalue weighted by molar-refractivity contribution is 5.86. The number of ether oxygens (including phenoxy) is 2. The van der Waals surface area contributed by atoms with E-state index in [4.69, 9.17) is 19.4 Å². The van der Waals surface area contributed by atoms with Crippen LogP contribution >= 0.6 is 0 Å². The van der Waals surface area contributed by atoms with Gasteiger partial charge in [0.15, 0.2) is 0 Å². The number of carbonyl (C=O) groups is 3. The number of rotatable bonds is 8. The summed E-state index contributed by atoms with van der Waals surface area (Å²) in [5.74, 6) is 1.29. The van der Waals surface area contributed by atoms with E-state index in [2.05, 4.69) is 50.5 Å². The quantitative estimate of drug-likeness (QED) is 0.273. The zero-order valence-electron chi connectivity index (χ0n) is 30.0. The Bertz CT molecular complexity index is 1810. The van der Waals surface area contributed by atoms with E-state index >= 15 is 0 Å². The zero-order valence-corrected chi connectivity index (χ0v) is 30.0. The van der Waals surface area contributed by atoms with Crippen molar-refractivity contribution in [1.29, 1.82) is 0 Å². The third-order valence-electron chi connectivity index (χ3n) is 11.5. The van der Waals surface area contributed by atoms with E-state index < -0.39 is 17.6 Å². The highest BCUT2D eigenvalue weighted by Gasteiger charge is 2.50. The fraction of sp³-hybridized carbons (Fsp3) is 0.513. The van der Waals surface area contributed by atoms with Crippen molar-refractivity contribution < 1.29 is 23.9 Å². The van der Waals surface area contributed by atoms with Crippen molar-refractivity contribution in [3.05, 3.63) is 89.6 Å². The number of aromatic amines is 2. The summed E-state index contributed by atoms with van der Waals surface area (Å²) in [5, 5.41) is 2.73. The summed E-state index contributed by atoms with van der Waals surface area (Å²) < 4.78 is 10.5. The topological polar surface area (TPSA) is 146 Å². The number of alkyl carbamates (subject to hydrolysis) is 1. The number of hydrogen-bond donors (Lipinski definition) is 3. The molecule has 270 valence electrons. The van der Waals surface area contributed by atoms with E-state index in [0.29, 0.717) is 32.0 Å². The van der Waals surface area contributed by atoms with Gasteiger partial charge in [-0.05, 0) is 62.0 Å². The van der Waals surface area contributed by atoms with E-state index in [1.807, 2.05) is 49.3 Å². The molecule has 0 radical (unpaired) electrons. The van der Waals surface area contributed by atoms with Crippen molar-refractivity contribution in [2.24, 2.45) is 5.92 Å². The number of benzene rings is 1. The molecule has 3 aliphatic heterocycles. The van der Waals surface area contributed by atoms with Crippen molar-refractivity contribution in [1.82, 2.24) is 35.1 Å². The Morgan fingerprint density at radius 3 is 2.27 bits per heavy atom. The summed E-state index contributed by atoms with van der Waals surface area (Å²) >= 11 is 0. The van der Waals surface area contributed by atoms with Gasteiger partial charge >= 0.3 is 6.09 Å². The van der Waals surface area contributed by atoms with Crippen molar-refractivity contribution in [3.63, 3.8) is 0 Å². The monoisotopic (exact) mass is 695 g/mol.